The van der Waals surface area contributed by atoms with E-state index in [9.17, 15) is 24.2 Å². The van der Waals surface area contributed by atoms with Crippen LogP contribution in [0, 0.1) is 0 Å². The Morgan fingerprint density at radius 3 is 1.62 bits per heavy atom. The van der Waals surface area contributed by atoms with Crippen LogP contribution in [0.15, 0.2) is 48.6 Å². The molecule has 0 radical (unpaired) electrons. The van der Waals surface area contributed by atoms with Crippen molar-refractivity contribution in [2.24, 2.45) is 0 Å². The van der Waals surface area contributed by atoms with Crippen LogP contribution in [0.3, 0.4) is 0 Å². The number of rotatable bonds is 37. The lowest BCUT2D eigenvalue weighted by molar-refractivity contribution is -0.161. The zero-order valence-corrected chi connectivity index (χ0v) is 33.4. The molecule has 0 bridgehead atoms. The summed E-state index contributed by atoms with van der Waals surface area (Å²) in [7, 11) is -4.62. The lowest BCUT2D eigenvalue weighted by atomic mass is 10.1. The van der Waals surface area contributed by atoms with Crippen LogP contribution in [0.5, 0.6) is 0 Å². The van der Waals surface area contributed by atoms with Gasteiger partial charge in [0.25, 0.3) is 0 Å². The summed E-state index contributed by atoms with van der Waals surface area (Å²) in [6.45, 7) is 2.21. The van der Waals surface area contributed by atoms with Crippen LogP contribution in [0.2, 0.25) is 0 Å². The van der Waals surface area contributed by atoms with Crippen LogP contribution in [-0.4, -0.2) is 65.7 Å². The minimum atomic E-state index is -4.62. The summed E-state index contributed by atoms with van der Waals surface area (Å²) in [6.07, 6.45) is 37.9. The summed E-state index contributed by atoms with van der Waals surface area (Å²) in [4.78, 5) is 34.9. The van der Waals surface area contributed by atoms with Gasteiger partial charge in [-0.3, -0.25) is 18.6 Å². The number of hydrogen-bond donors (Lipinski definition) is 3. The summed E-state index contributed by atoms with van der Waals surface area (Å²) in [5.41, 5.74) is 0. The molecule has 0 aliphatic rings. The van der Waals surface area contributed by atoms with E-state index in [1.807, 2.05) is 0 Å². The fourth-order valence-electron chi connectivity index (χ4n) is 5.12. The minimum absolute atomic E-state index is 0.169. The second-order valence-electron chi connectivity index (χ2n) is 13.3. The molecule has 3 atom stereocenters. The molecular formula is C41H73O10P. The fourth-order valence-corrected chi connectivity index (χ4v) is 5.91. The van der Waals surface area contributed by atoms with Gasteiger partial charge in [0.1, 0.15) is 12.7 Å². The molecule has 0 heterocycles. The average molecular weight is 757 g/mol. The van der Waals surface area contributed by atoms with Gasteiger partial charge < -0.3 is 24.6 Å². The van der Waals surface area contributed by atoms with Crippen molar-refractivity contribution in [1.82, 2.24) is 0 Å². The van der Waals surface area contributed by atoms with Crippen LogP contribution in [0.1, 0.15) is 162 Å². The number of carbonyl (C=O) groups is 2. The first kappa shape index (κ1) is 49.9. The predicted molar refractivity (Wildman–Crippen MR) is 210 cm³/mol. The Labute approximate surface area is 315 Å². The van der Waals surface area contributed by atoms with Gasteiger partial charge in [-0.15, -0.1) is 0 Å². The first-order chi connectivity index (χ1) is 25.2. The van der Waals surface area contributed by atoms with Crippen LogP contribution in [0.25, 0.3) is 0 Å². The van der Waals surface area contributed by atoms with Crippen molar-refractivity contribution in [2.75, 3.05) is 26.4 Å². The van der Waals surface area contributed by atoms with Crippen molar-refractivity contribution in [3.8, 4) is 0 Å². The third kappa shape index (κ3) is 36.3. The van der Waals surface area contributed by atoms with Crippen molar-refractivity contribution in [1.29, 1.82) is 0 Å². The van der Waals surface area contributed by atoms with Gasteiger partial charge in [0.05, 0.1) is 19.8 Å². The van der Waals surface area contributed by atoms with Gasteiger partial charge in [0, 0.05) is 12.8 Å². The quantitative estimate of drug-likeness (QED) is 0.0242. The molecule has 0 aromatic rings. The highest BCUT2D eigenvalue weighted by atomic mass is 31.2. The second-order valence-corrected chi connectivity index (χ2v) is 14.7. The Hall–Kier alpha value is -2.07. The molecule has 0 fully saturated rings. The maximum absolute atomic E-state index is 12.6. The summed E-state index contributed by atoms with van der Waals surface area (Å²) in [5.74, 6) is -0.958. The summed E-state index contributed by atoms with van der Waals surface area (Å²) in [6, 6.07) is 0. The molecule has 302 valence electrons. The lowest BCUT2D eigenvalue weighted by Gasteiger charge is -2.20. The van der Waals surface area contributed by atoms with Gasteiger partial charge >= 0.3 is 19.8 Å². The molecule has 10 nitrogen and oxygen atoms in total. The lowest BCUT2D eigenvalue weighted by Crippen LogP contribution is -2.29. The van der Waals surface area contributed by atoms with Crippen molar-refractivity contribution in [2.45, 2.75) is 174 Å². The van der Waals surface area contributed by atoms with Gasteiger partial charge in [-0.2, -0.15) is 0 Å². The van der Waals surface area contributed by atoms with E-state index in [2.05, 4.69) is 67.0 Å². The van der Waals surface area contributed by atoms with Crippen molar-refractivity contribution in [3.63, 3.8) is 0 Å². The highest BCUT2D eigenvalue weighted by Gasteiger charge is 2.27. The van der Waals surface area contributed by atoms with Gasteiger partial charge in [0.2, 0.25) is 0 Å². The van der Waals surface area contributed by atoms with Crippen molar-refractivity contribution >= 4 is 19.8 Å². The summed E-state index contributed by atoms with van der Waals surface area (Å²) >= 11 is 0. The highest BCUT2D eigenvalue weighted by Crippen LogP contribution is 2.43. The first-order valence-electron chi connectivity index (χ1n) is 20.1. The molecular weight excluding hydrogens is 683 g/mol. The Kier molecular flexibility index (Phi) is 35.8. The van der Waals surface area contributed by atoms with Gasteiger partial charge in [-0.25, -0.2) is 4.57 Å². The zero-order chi connectivity index (χ0) is 38.4. The number of phosphoric ester groups is 1. The number of carbonyl (C=O) groups excluding carboxylic acids is 2. The normalized spacial score (nSPS) is 14.5. The Morgan fingerprint density at radius 2 is 1.06 bits per heavy atom. The number of esters is 2. The molecule has 0 saturated heterocycles. The summed E-state index contributed by atoms with van der Waals surface area (Å²) < 4.78 is 32.6. The monoisotopic (exact) mass is 756 g/mol. The fraction of sp³-hybridized carbons (Fsp3) is 0.756. The van der Waals surface area contributed by atoms with Gasteiger partial charge in [0.15, 0.2) is 6.10 Å². The molecule has 0 aliphatic heterocycles. The molecule has 0 aliphatic carbocycles. The van der Waals surface area contributed by atoms with E-state index in [1.54, 1.807) is 0 Å². The predicted octanol–water partition coefficient (Wildman–Crippen LogP) is 10.2. The Balaban J connectivity index is 4.39. The van der Waals surface area contributed by atoms with E-state index in [1.165, 1.54) is 32.1 Å². The standard InChI is InChI=1S/C41H73O10P/c1-3-5-7-9-11-13-15-17-19-21-22-24-26-28-30-32-40(44)48-36-39(37-50-52(46,47)49-35-38(43)34-42)51-41(45)33-31-29-27-25-23-20-18-16-14-12-10-8-6-4-2/h5,7,11,13,16-19,38-39,42-43H,3-4,6,8-10,12,14-15,20-37H2,1-2H3,(H,46,47)/b7-5-,13-11-,18-16-,19-17-/t38-,39+/m0/s1. The number of allylic oxidation sites excluding steroid dienone is 8. The SMILES string of the molecule is CC/C=C\C/C=C\C/C=C\CCCCCCCC(=O)OC[C@H](COP(=O)(O)OC[C@@H](O)CO)OC(=O)CCCCCCC/C=C\CCCCCCC. The molecule has 0 spiro atoms. The zero-order valence-electron chi connectivity index (χ0n) is 32.5. The molecule has 3 N–H and O–H groups in total. The van der Waals surface area contributed by atoms with E-state index in [0.717, 1.165) is 89.9 Å². The van der Waals surface area contributed by atoms with Gasteiger partial charge in [-0.1, -0.05) is 127 Å². The molecule has 0 aromatic heterocycles. The molecule has 1 unspecified atom stereocenters. The molecule has 0 rings (SSSR count). The van der Waals surface area contributed by atoms with E-state index in [0.29, 0.717) is 12.8 Å². The minimum Gasteiger partial charge on any atom is -0.462 e. The number of hydrogen-bond acceptors (Lipinski definition) is 9. The third-order valence-electron chi connectivity index (χ3n) is 8.22. The molecule has 0 amide bonds. The van der Waals surface area contributed by atoms with Crippen LogP contribution >= 0.6 is 7.82 Å². The molecule has 11 heteroatoms. The maximum Gasteiger partial charge on any atom is 0.472 e. The Bertz CT molecular complexity index is 1010. The number of aliphatic hydroxyl groups excluding tert-OH is 2. The summed E-state index contributed by atoms with van der Waals surface area (Å²) in [5, 5.41) is 18.3. The van der Waals surface area contributed by atoms with E-state index >= 15 is 0 Å². The first-order valence-corrected chi connectivity index (χ1v) is 21.6. The van der Waals surface area contributed by atoms with Gasteiger partial charge in [-0.05, 0) is 70.6 Å². The third-order valence-corrected chi connectivity index (χ3v) is 9.17. The van der Waals surface area contributed by atoms with Crippen molar-refractivity contribution in [3.05, 3.63) is 48.6 Å². The van der Waals surface area contributed by atoms with E-state index < -0.39 is 51.8 Å². The average Bonchev–Trinajstić information content (AvgIpc) is 3.13. The maximum atomic E-state index is 12.6. The highest BCUT2D eigenvalue weighted by molar-refractivity contribution is 7.47. The topological polar surface area (TPSA) is 149 Å². The number of aliphatic hydroxyl groups is 2. The number of phosphoric acid groups is 1. The molecule has 52 heavy (non-hydrogen) atoms. The largest absolute Gasteiger partial charge is 0.472 e. The molecule has 0 aromatic carbocycles. The smallest absolute Gasteiger partial charge is 0.462 e. The van der Waals surface area contributed by atoms with E-state index in [4.69, 9.17) is 19.1 Å². The van der Waals surface area contributed by atoms with Crippen LogP contribution in [-0.2, 0) is 32.7 Å². The number of ether oxygens (including phenoxy) is 2. The van der Waals surface area contributed by atoms with Crippen LogP contribution < -0.4 is 0 Å². The second kappa shape index (κ2) is 37.3. The Morgan fingerprint density at radius 1 is 0.596 bits per heavy atom. The number of unbranched alkanes of at least 4 members (excludes halogenated alkanes) is 15. The molecule has 0 saturated carbocycles. The van der Waals surface area contributed by atoms with E-state index in [-0.39, 0.29) is 19.4 Å². The van der Waals surface area contributed by atoms with Crippen LogP contribution in [0.4, 0.5) is 0 Å². The van der Waals surface area contributed by atoms with Crippen molar-refractivity contribution < 1.29 is 47.8 Å².